The standard InChI is InChI=1S/C15H19N5O/c1-2-6-13-17-14(19-18-13)15(21)20-10-5-9-16-11-7-3-4-8-12(11)20/h3-4,7-8,16H,2,5-6,9-10H2,1H3,(H,17,18,19). The van der Waals surface area contributed by atoms with Crippen molar-refractivity contribution in [1.82, 2.24) is 15.2 Å². The van der Waals surface area contributed by atoms with E-state index in [-0.39, 0.29) is 11.7 Å². The van der Waals surface area contributed by atoms with Crippen LogP contribution in [-0.4, -0.2) is 34.2 Å². The number of fused-ring (bicyclic) bond motifs is 1. The van der Waals surface area contributed by atoms with Crippen molar-refractivity contribution in [2.75, 3.05) is 23.3 Å². The van der Waals surface area contributed by atoms with Crippen LogP contribution in [0, 0.1) is 0 Å². The van der Waals surface area contributed by atoms with Gasteiger partial charge in [0, 0.05) is 19.5 Å². The van der Waals surface area contributed by atoms with Gasteiger partial charge in [0.25, 0.3) is 5.91 Å². The summed E-state index contributed by atoms with van der Waals surface area (Å²) in [6.45, 7) is 3.59. The van der Waals surface area contributed by atoms with Crippen LogP contribution in [0.3, 0.4) is 0 Å². The third-order valence-corrected chi connectivity index (χ3v) is 3.52. The molecule has 2 N–H and O–H groups in total. The van der Waals surface area contributed by atoms with Crippen molar-refractivity contribution in [2.45, 2.75) is 26.2 Å². The van der Waals surface area contributed by atoms with Crippen molar-refractivity contribution in [1.29, 1.82) is 0 Å². The molecular formula is C15H19N5O. The number of carbonyl (C=O) groups is 1. The highest BCUT2D eigenvalue weighted by Gasteiger charge is 2.24. The summed E-state index contributed by atoms with van der Waals surface area (Å²) in [5.74, 6) is 0.863. The fourth-order valence-corrected chi connectivity index (χ4v) is 2.51. The smallest absolute Gasteiger partial charge is 0.297 e. The molecule has 0 bridgehead atoms. The first-order valence-electron chi connectivity index (χ1n) is 7.35. The number of benzene rings is 1. The van der Waals surface area contributed by atoms with Gasteiger partial charge in [0.05, 0.1) is 11.4 Å². The van der Waals surface area contributed by atoms with Gasteiger partial charge in [-0.2, -0.15) is 0 Å². The van der Waals surface area contributed by atoms with Crippen LogP contribution in [0.25, 0.3) is 0 Å². The van der Waals surface area contributed by atoms with Crippen molar-refractivity contribution in [3.63, 3.8) is 0 Å². The lowest BCUT2D eigenvalue weighted by atomic mass is 10.2. The van der Waals surface area contributed by atoms with Gasteiger partial charge in [-0.05, 0) is 25.0 Å². The molecule has 0 radical (unpaired) electrons. The van der Waals surface area contributed by atoms with Gasteiger partial charge < -0.3 is 10.2 Å². The number of anilines is 2. The maximum Gasteiger partial charge on any atom is 0.297 e. The Morgan fingerprint density at radius 2 is 2.24 bits per heavy atom. The fraction of sp³-hybridized carbons (Fsp3) is 0.400. The van der Waals surface area contributed by atoms with E-state index in [0.29, 0.717) is 6.54 Å². The van der Waals surface area contributed by atoms with E-state index in [2.05, 4.69) is 27.4 Å². The maximum absolute atomic E-state index is 12.7. The molecule has 3 rings (SSSR count). The minimum Gasteiger partial charge on any atom is -0.383 e. The summed E-state index contributed by atoms with van der Waals surface area (Å²) in [5, 5.41) is 10.3. The first-order valence-corrected chi connectivity index (χ1v) is 7.35. The van der Waals surface area contributed by atoms with Crippen LogP contribution in [0.15, 0.2) is 24.3 Å². The zero-order valence-corrected chi connectivity index (χ0v) is 12.1. The number of aromatic amines is 1. The topological polar surface area (TPSA) is 73.9 Å². The average Bonchev–Trinajstić information content (AvgIpc) is 2.86. The SMILES string of the molecule is CCCc1nc(C(=O)N2CCCNc3ccccc32)n[nH]1. The molecule has 0 aliphatic carbocycles. The van der Waals surface area contributed by atoms with E-state index in [1.807, 2.05) is 24.3 Å². The van der Waals surface area contributed by atoms with Gasteiger partial charge in [-0.3, -0.25) is 9.89 Å². The molecule has 0 saturated heterocycles. The van der Waals surface area contributed by atoms with Crippen LogP contribution in [0.5, 0.6) is 0 Å². The zero-order chi connectivity index (χ0) is 14.7. The lowest BCUT2D eigenvalue weighted by Gasteiger charge is -2.20. The van der Waals surface area contributed by atoms with Crippen LogP contribution in [0.4, 0.5) is 11.4 Å². The Kier molecular flexibility index (Phi) is 3.85. The molecule has 1 aliphatic heterocycles. The number of hydrogen-bond acceptors (Lipinski definition) is 4. The number of rotatable bonds is 3. The molecule has 0 spiro atoms. The van der Waals surface area contributed by atoms with Crippen molar-refractivity contribution in [2.24, 2.45) is 0 Å². The van der Waals surface area contributed by atoms with Gasteiger partial charge in [-0.1, -0.05) is 19.1 Å². The van der Waals surface area contributed by atoms with Crippen LogP contribution < -0.4 is 10.2 Å². The molecule has 0 atom stereocenters. The summed E-state index contributed by atoms with van der Waals surface area (Å²) in [6, 6.07) is 7.84. The molecule has 6 heteroatoms. The lowest BCUT2D eigenvalue weighted by Crippen LogP contribution is -2.32. The molecular weight excluding hydrogens is 266 g/mol. The highest BCUT2D eigenvalue weighted by molar-refractivity contribution is 6.05. The van der Waals surface area contributed by atoms with Crippen LogP contribution in [0.1, 0.15) is 36.2 Å². The second kappa shape index (κ2) is 5.95. The third kappa shape index (κ3) is 2.74. The molecule has 1 aliphatic rings. The van der Waals surface area contributed by atoms with Gasteiger partial charge >= 0.3 is 0 Å². The highest BCUT2D eigenvalue weighted by atomic mass is 16.2. The van der Waals surface area contributed by atoms with E-state index in [4.69, 9.17) is 0 Å². The Labute approximate surface area is 123 Å². The first-order chi connectivity index (χ1) is 10.3. The third-order valence-electron chi connectivity index (χ3n) is 3.52. The summed E-state index contributed by atoms with van der Waals surface area (Å²) >= 11 is 0. The summed E-state index contributed by atoms with van der Waals surface area (Å²) in [6.07, 6.45) is 2.67. The highest BCUT2D eigenvalue weighted by Crippen LogP contribution is 2.28. The number of nitrogens with one attached hydrogen (secondary N) is 2. The van der Waals surface area contributed by atoms with Crippen molar-refractivity contribution in [3.8, 4) is 0 Å². The van der Waals surface area contributed by atoms with Crippen LogP contribution in [-0.2, 0) is 6.42 Å². The summed E-state index contributed by atoms with van der Waals surface area (Å²) in [4.78, 5) is 18.7. The van der Waals surface area contributed by atoms with E-state index in [1.165, 1.54) is 0 Å². The van der Waals surface area contributed by atoms with Gasteiger partial charge in [0.15, 0.2) is 0 Å². The molecule has 1 aromatic heterocycles. The predicted octanol–water partition coefficient (Wildman–Crippen LogP) is 2.22. The van der Waals surface area contributed by atoms with E-state index in [9.17, 15) is 4.79 Å². The van der Waals surface area contributed by atoms with Crippen molar-refractivity contribution in [3.05, 3.63) is 35.9 Å². The average molecular weight is 285 g/mol. The molecule has 110 valence electrons. The van der Waals surface area contributed by atoms with E-state index in [1.54, 1.807) is 4.90 Å². The summed E-state index contributed by atoms with van der Waals surface area (Å²) < 4.78 is 0. The minimum absolute atomic E-state index is 0.148. The molecule has 2 aromatic rings. The zero-order valence-electron chi connectivity index (χ0n) is 12.1. The number of hydrogen-bond donors (Lipinski definition) is 2. The molecule has 0 unspecified atom stereocenters. The Morgan fingerprint density at radius 3 is 3.10 bits per heavy atom. The number of aryl methyl sites for hydroxylation is 1. The molecule has 6 nitrogen and oxygen atoms in total. The Hall–Kier alpha value is -2.37. The summed E-state index contributed by atoms with van der Waals surface area (Å²) in [5.41, 5.74) is 1.87. The van der Waals surface area contributed by atoms with E-state index >= 15 is 0 Å². The first kappa shape index (κ1) is 13.6. The number of carbonyl (C=O) groups excluding carboxylic acids is 1. The normalized spacial score (nSPS) is 14.2. The number of aromatic nitrogens is 3. The second-order valence-corrected chi connectivity index (χ2v) is 5.11. The maximum atomic E-state index is 12.7. The lowest BCUT2D eigenvalue weighted by molar-refractivity contribution is 0.0977. The van der Waals surface area contributed by atoms with E-state index < -0.39 is 0 Å². The minimum atomic E-state index is -0.148. The van der Waals surface area contributed by atoms with Crippen LogP contribution >= 0.6 is 0 Å². The quantitative estimate of drug-likeness (QED) is 0.907. The van der Waals surface area contributed by atoms with Gasteiger partial charge in [-0.15, -0.1) is 5.10 Å². The molecule has 0 saturated carbocycles. The molecule has 1 amide bonds. The van der Waals surface area contributed by atoms with E-state index in [0.717, 1.165) is 43.0 Å². The van der Waals surface area contributed by atoms with Gasteiger partial charge in [0.2, 0.25) is 5.82 Å². The number of nitrogens with zero attached hydrogens (tertiary/aromatic N) is 3. The molecule has 0 fully saturated rings. The van der Waals surface area contributed by atoms with Gasteiger partial charge in [0.1, 0.15) is 5.82 Å². The Balaban J connectivity index is 1.89. The van der Waals surface area contributed by atoms with Crippen LogP contribution in [0.2, 0.25) is 0 Å². The second-order valence-electron chi connectivity index (χ2n) is 5.11. The number of amides is 1. The number of para-hydroxylation sites is 2. The van der Waals surface area contributed by atoms with Crippen molar-refractivity contribution < 1.29 is 4.79 Å². The van der Waals surface area contributed by atoms with Gasteiger partial charge in [-0.25, -0.2) is 4.98 Å². The molecule has 21 heavy (non-hydrogen) atoms. The Morgan fingerprint density at radius 1 is 1.38 bits per heavy atom. The molecule has 2 heterocycles. The Bertz CT molecular complexity index is 636. The predicted molar refractivity (Wildman–Crippen MR) is 81.6 cm³/mol. The fourth-order valence-electron chi connectivity index (χ4n) is 2.51. The number of H-pyrrole nitrogens is 1. The largest absolute Gasteiger partial charge is 0.383 e. The monoisotopic (exact) mass is 285 g/mol. The van der Waals surface area contributed by atoms with Crippen molar-refractivity contribution >= 4 is 17.3 Å². The summed E-state index contributed by atoms with van der Waals surface area (Å²) in [7, 11) is 0. The molecule has 1 aromatic carbocycles.